The van der Waals surface area contributed by atoms with Gasteiger partial charge in [-0.3, -0.25) is 0 Å². The fraction of sp³-hybridized carbons (Fsp3) is 0.214. The molecule has 1 heterocycles. The predicted octanol–water partition coefficient (Wildman–Crippen LogP) is 5.93. The van der Waals surface area contributed by atoms with Crippen molar-refractivity contribution >= 4 is 45.7 Å². The van der Waals surface area contributed by atoms with Gasteiger partial charge in [0.25, 0.3) is 0 Å². The first-order chi connectivity index (χ1) is 15.3. The maximum Gasteiger partial charge on any atom is 0.310 e. The molecular formula is C28H25BO3. The fourth-order valence-corrected chi connectivity index (χ4v) is 4.84. The van der Waals surface area contributed by atoms with Crippen LogP contribution in [0.2, 0.25) is 0 Å². The molecule has 0 fully saturated rings. The molecule has 0 amide bonds. The summed E-state index contributed by atoms with van der Waals surface area (Å²) < 4.78 is 12.9. The molecule has 1 N–H and O–H groups in total. The van der Waals surface area contributed by atoms with Gasteiger partial charge < -0.3 is 14.2 Å². The van der Waals surface area contributed by atoms with E-state index in [0.29, 0.717) is 7.48 Å². The Morgan fingerprint density at radius 3 is 2.19 bits per heavy atom. The number of benzene rings is 4. The molecule has 0 atom stereocenters. The Bertz CT molecular complexity index is 1540. The van der Waals surface area contributed by atoms with Gasteiger partial charge in [-0.05, 0) is 61.3 Å². The zero-order chi connectivity index (χ0) is 22.3. The number of rotatable bonds is 4. The van der Waals surface area contributed by atoms with Crippen molar-refractivity contribution in [3.8, 4) is 22.3 Å². The summed E-state index contributed by atoms with van der Waals surface area (Å²) >= 11 is 0. The molecule has 4 aromatic carbocycles. The summed E-state index contributed by atoms with van der Waals surface area (Å²) in [5, 5.41) is 15.3. The van der Waals surface area contributed by atoms with Crippen molar-refractivity contribution in [1.82, 2.24) is 0 Å². The van der Waals surface area contributed by atoms with Crippen molar-refractivity contribution in [2.75, 3.05) is 0 Å². The van der Waals surface area contributed by atoms with Gasteiger partial charge in [-0.2, -0.15) is 0 Å². The molecule has 32 heavy (non-hydrogen) atoms. The molecule has 158 valence electrons. The molecule has 5 aromatic rings. The van der Waals surface area contributed by atoms with Crippen molar-refractivity contribution in [3.63, 3.8) is 0 Å². The lowest BCUT2D eigenvalue weighted by molar-refractivity contribution is -0.0892. The lowest BCUT2D eigenvalue weighted by Gasteiger charge is -2.37. The summed E-state index contributed by atoms with van der Waals surface area (Å²) in [6.45, 7) is 7.46. The number of fused-ring (bicyclic) bond motifs is 7. The molecule has 0 spiro atoms. The highest BCUT2D eigenvalue weighted by Crippen LogP contribution is 2.51. The van der Waals surface area contributed by atoms with E-state index in [0.717, 1.165) is 27.4 Å². The second-order valence-electron chi connectivity index (χ2n) is 9.79. The maximum atomic E-state index is 10.7. The van der Waals surface area contributed by atoms with Crippen LogP contribution in [0.25, 0.3) is 55.0 Å². The third-order valence-electron chi connectivity index (χ3n) is 7.30. The molecule has 0 unspecified atom stereocenters. The normalized spacial score (nSPS) is 13.3. The number of aliphatic hydroxyl groups is 1. The third kappa shape index (κ3) is 2.57. The Labute approximate surface area is 187 Å². The molecule has 3 nitrogen and oxygen atoms in total. The first-order valence-corrected chi connectivity index (χ1v) is 11.1. The first-order valence-electron chi connectivity index (χ1n) is 11.1. The van der Waals surface area contributed by atoms with Crippen LogP contribution in [0.5, 0.6) is 0 Å². The van der Waals surface area contributed by atoms with E-state index >= 15 is 0 Å². The summed E-state index contributed by atoms with van der Waals surface area (Å²) in [7, 11) is 0.383. The van der Waals surface area contributed by atoms with E-state index in [-0.39, 0.29) is 0 Å². The third-order valence-corrected chi connectivity index (χ3v) is 7.30. The Morgan fingerprint density at radius 2 is 1.41 bits per heavy atom. The standard InChI is InChI=1S/C28H25BO3/c1-27(2,30)28(3,4)32-29-25-20-14-9-13-17-16-10-5-6-11-18(16)23(22(17)20)26-24(25)19-12-7-8-15-21(19)31-26/h5-15,29-30H,1-4H3. The molecule has 0 bridgehead atoms. The highest BCUT2D eigenvalue weighted by Gasteiger charge is 2.37. The minimum atomic E-state index is -0.977. The van der Waals surface area contributed by atoms with Crippen LogP contribution in [0, 0.1) is 0 Å². The van der Waals surface area contributed by atoms with Crippen LogP contribution >= 0.6 is 0 Å². The van der Waals surface area contributed by atoms with Crippen molar-refractivity contribution in [2.45, 2.75) is 38.9 Å². The summed E-state index contributed by atoms with van der Waals surface area (Å²) in [5.74, 6) is 0. The summed E-state index contributed by atoms with van der Waals surface area (Å²) in [4.78, 5) is 0. The van der Waals surface area contributed by atoms with E-state index in [1.807, 2.05) is 26.0 Å². The van der Waals surface area contributed by atoms with Crippen LogP contribution in [0.15, 0.2) is 71.1 Å². The fourth-order valence-electron chi connectivity index (χ4n) is 4.84. The van der Waals surface area contributed by atoms with Gasteiger partial charge in [-0.25, -0.2) is 0 Å². The van der Waals surface area contributed by atoms with Crippen molar-refractivity contribution in [1.29, 1.82) is 0 Å². The second kappa shape index (κ2) is 6.47. The zero-order valence-electron chi connectivity index (χ0n) is 18.8. The average Bonchev–Trinajstić information content (AvgIpc) is 3.30. The summed E-state index contributed by atoms with van der Waals surface area (Å²) in [6, 6.07) is 23.3. The van der Waals surface area contributed by atoms with Gasteiger partial charge in [-0.15, -0.1) is 0 Å². The molecule has 1 aromatic heterocycles. The lowest BCUT2D eigenvalue weighted by Crippen LogP contribution is -2.49. The molecular weight excluding hydrogens is 395 g/mol. The van der Waals surface area contributed by atoms with E-state index in [1.165, 1.54) is 33.0 Å². The summed E-state index contributed by atoms with van der Waals surface area (Å²) in [6.07, 6.45) is 0. The molecule has 0 saturated carbocycles. The van der Waals surface area contributed by atoms with E-state index < -0.39 is 11.2 Å². The van der Waals surface area contributed by atoms with Gasteiger partial charge in [-0.1, -0.05) is 60.7 Å². The topological polar surface area (TPSA) is 42.6 Å². The molecule has 1 aliphatic carbocycles. The van der Waals surface area contributed by atoms with Crippen LogP contribution in [0.1, 0.15) is 27.7 Å². The molecule has 4 heteroatoms. The van der Waals surface area contributed by atoms with Crippen LogP contribution < -0.4 is 5.46 Å². The molecule has 0 radical (unpaired) electrons. The zero-order valence-corrected chi connectivity index (χ0v) is 18.8. The minimum absolute atomic E-state index is 0.383. The number of hydrogen-bond donors (Lipinski definition) is 1. The van der Waals surface area contributed by atoms with Gasteiger partial charge in [0.1, 0.15) is 11.2 Å². The minimum Gasteiger partial charge on any atom is -0.455 e. The number of hydrogen-bond acceptors (Lipinski definition) is 3. The summed E-state index contributed by atoms with van der Waals surface area (Å²) in [5.41, 5.74) is 6.06. The van der Waals surface area contributed by atoms with Crippen molar-refractivity contribution in [3.05, 3.63) is 66.7 Å². The highest BCUT2D eigenvalue weighted by molar-refractivity contribution is 6.59. The van der Waals surface area contributed by atoms with Gasteiger partial charge >= 0.3 is 7.48 Å². The predicted molar refractivity (Wildman–Crippen MR) is 134 cm³/mol. The Kier molecular flexibility index (Phi) is 3.96. The number of furan rings is 1. The number of para-hydroxylation sites is 1. The largest absolute Gasteiger partial charge is 0.455 e. The van der Waals surface area contributed by atoms with E-state index in [4.69, 9.17) is 9.07 Å². The van der Waals surface area contributed by atoms with Gasteiger partial charge in [0.2, 0.25) is 0 Å². The van der Waals surface area contributed by atoms with E-state index in [9.17, 15) is 5.11 Å². The molecule has 6 rings (SSSR count). The van der Waals surface area contributed by atoms with E-state index in [1.54, 1.807) is 13.8 Å². The SMILES string of the molecule is CC(C)(O)C(C)(C)OBc1c2cccc3c2c(c2oc4ccccc4c12)-c1ccccc1-3. The quantitative estimate of drug-likeness (QED) is 0.360. The van der Waals surface area contributed by atoms with Crippen LogP contribution in [-0.4, -0.2) is 23.8 Å². The lowest BCUT2D eigenvalue weighted by atomic mass is 9.77. The van der Waals surface area contributed by atoms with Crippen LogP contribution in [-0.2, 0) is 4.65 Å². The molecule has 0 aliphatic heterocycles. The Hall–Kier alpha value is -3.08. The highest BCUT2D eigenvalue weighted by atomic mass is 16.5. The monoisotopic (exact) mass is 420 g/mol. The average molecular weight is 420 g/mol. The van der Waals surface area contributed by atoms with Gasteiger partial charge in [0.05, 0.1) is 11.2 Å². The Morgan fingerprint density at radius 1 is 0.750 bits per heavy atom. The van der Waals surface area contributed by atoms with E-state index in [2.05, 4.69) is 54.6 Å². The van der Waals surface area contributed by atoms with Gasteiger partial charge in [0, 0.05) is 21.7 Å². The van der Waals surface area contributed by atoms with Crippen molar-refractivity contribution < 1.29 is 14.2 Å². The van der Waals surface area contributed by atoms with Crippen molar-refractivity contribution in [2.24, 2.45) is 0 Å². The smallest absolute Gasteiger partial charge is 0.310 e. The second-order valence-corrected chi connectivity index (χ2v) is 9.79. The molecule has 1 aliphatic rings. The van der Waals surface area contributed by atoms with Crippen LogP contribution in [0.3, 0.4) is 0 Å². The first kappa shape index (κ1) is 19.6. The van der Waals surface area contributed by atoms with Crippen LogP contribution in [0.4, 0.5) is 0 Å². The maximum absolute atomic E-state index is 10.7. The molecule has 0 saturated heterocycles. The Balaban J connectivity index is 1.72. The van der Waals surface area contributed by atoms with Gasteiger partial charge in [0.15, 0.2) is 0 Å².